The van der Waals surface area contributed by atoms with E-state index in [1.807, 2.05) is 4.90 Å². The molecule has 0 unspecified atom stereocenters. The molecule has 0 bridgehead atoms. The van der Waals surface area contributed by atoms with Crippen molar-refractivity contribution in [1.29, 1.82) is 0 Å². The van der Waals surface area contributed by atoms with Crippen LogP contribution < -0.4 is 0 Å². The summed E-state index contributed by atoms with van der Waals surface area (Å²) in [5.74, 6) is 0.759. The van der Waals surface area contributed by atoms with Crippen LogP contribution in [0.5, 0.6) is 0 Å². The molecule has 2 aliphatic heterocycles. The van der Waals surface area contributed by atoms with Gasteiger partial charge in [-0.15, -0.1) is 0 Å². The molecule has 24 heavy (non-hydrogen) atoms. The Morgan fingerprint density at radius 3 is 2.54 bits per heavy atom. The van der Waals surface area contributed by atoms with Crippen LogP contribution in [0.15, 0.2) is 12.7 Å². The highest BCUT2D eigenvalue weighted by Crippen LogP contribution is 2.25. The zero-order chi connectivity index (χ0) is 16.8. The lowest BCUT2D eigenvalue weighted by Crippen LogP contribution is -2.35. The second kappa shape index (κ2) is 8.58. The normalized spacial score (nSPS) is 25.8. The molecule has 3 rings (SSSR count). The Labute approximate surface area is 143 Å². The van der Waals surface area contributed by atoms with E-state index in [4.69, 9.17) is 0 Å². The summed E-state index contributed by atoms with van der Waals surface area (Å²) in [6.07, 6.45) is 8.77. The van der Waals surface area contributed by atoms with Crippen molar-refractivity contribution in [2.45, 2.75) is 38.6 Å². The molecule has 134 valence electrons. The SMILES string of the molecule is O=C(CCn1cncn1)N1C[C@@H](CO)[C@@H](CN2CCCCCC2)C1. The molecule has 1 aromatic rings. The van der Waals surface area contributed by atoms with E-state index < -0.39 is 0 Å². The second-order valence-electron chi connectivity index (χ2n) is 7.12. The number of hydrogen-bond donors (Lipinski definition) is 1. The standard InChI is InChI=1S/C17H29N5O2/c23-12-16-11-21(17(24)5-8-22-14-18-13-19-22)10-15(16)9-20-6-3-1-2-4-7-20/h13-16,23H,1-12H2/t15-,16-/m0/s1. The molecule has 2 saturated heterocycles. The lowest BCUT2D eigenvalue weighted by atomic mass is 9.96. The highest BCUT2D eigenvalue weighted by molar-refractivity contribution is 5.76. The molecule has 2 fully saturated rings. The molecule has 1 amide bonds. The van der Waals surface area contributed by atoms with Gasteiger partial charge in [-0.05, 0) is 31.8 Å². The van der Waals surface area contributed by atoms with Crippen molar-refractivity contribution in [3.63, 3.8) is 0 Å². The summed E-state index contributed by atoms with van der Waals surface area (Å²) in [7, 11) is 0. The Kier molecular flexibility index (Phi) is 6.20. The van der Waals surface area contributed by atoms with Crippen LogP contribution >= 0.6 is 0 Å². The van der Waals surface area contributed by atoms with Gasteiger partial charge >= 0.3 is 0 Å². The third kappa shape index (κ3) is 4.54. The molecule has 0 spiro atoms. The first-order valence-electron chi connectivity index (χ1n) is 9.19. The van der Waals surface area contributed by atoms with Gasteiger partial charge in [0, 0.05) is 38.6 Å². The van der Waals surface area contributed by atoms with Gasteiger partial charge in [-0.25, -0.2) is 4.98 Å². The van der Waals surface area contributed by atoms with E-state index >= 15 is 0 Å². The summed E-state index contributed by atoms with van der Waals surface area (Å²) in [5.41, 5.74) is 0. The first-order chi connectivity index (χ1) is 11.8. The Hall–Kier alpha value is -1.47. The topological polar surface area (TPSA) is 74.5 Å². The number of aliphatic hydroxyl groups excluding tert-OH is 1. The van der Waals surface area contributed by atoms with Crippen LogP contribution in [0, 0.1) is 11.8 Å². The van der Waals surface area contributed by atoms with E-state index in [0.29, 0.717) is 25.4 Å². The Bertz CT molecular complexity index is 499. The Balaban J connectivity index is 1.50. The fourth-order valence-electron chi connectivity index (χ4n) is 3.92. The van der Waals surface area contributed by atoms with Crippen LogP contribution in [-0.4, -0.2) is 74.9 Å². The summed E-state index contributed by atoms with van der Waals surface area (Å²) >= 11 is 0. The minimum Gasteiger partial charge on any atom is -0.396 e. The van der Waals surface area contributed by atoms with Gasteiger partial charge in [0.05, 0.1) is 6.54 Å². The number of hydrogen-bond acceptors (Lipinski definition) is 5. The zero-order valence-corrected chi connectivity index (χ0v) is 14.4. The molecular formula is C17H29N5O2. The predicted octanol–water partition coefficient (Wildman–Crippen LogP) is 0.611. The number of nitrogens with zero attached hydrogens (tertiary/aromatic N) is 5. The zero-order valence-electron chi connectivity index (χ0n) is 14.4. The molecule has 0 aromatic carbocycles. The van der Waals surface area contributed by atoms with Crippen LogP contribution in [0.3, 0.4) is 0 Å². The lowest BCUT2D eigenvalue weighted by Gasteiger charge is -2.26. The van der Waals surface area contributed by atoms with E-state index in [1.54, 1.807) is 11.0 Å². The van der Waals surface area contributed by atoms with Crippen molar-refractivity contribution in [3.8, 4) is 0 Å². The number of aliphatic hydroxyl groups is 1. The van der Waals surface area contributed by atoms with Gasteiger partial charge in [-0.1, -0.05) is 12.8 Å². The lowest BCUT2D eigenvalue weighted by molar-refractivity contribution is -0.130. The Morgan fingerprint density at radius 2 is 1.88 bits per heavy atom. The molecule has 0 radical (unpaired) electrons. The monoisotopic (exact) mass is 335 g/mol. The summed E-state index contributed by atoms with van der Waals surface area (Å²) in [5, 5.41) is 13.8. The molecule has 7 heteroatoms. The largest absolute Gasteiger partial charge is 0.396 e. The highest BCUT2D eigenvalue weighted by atomic mass is 16.3. The molecule has 2 aliphatic rings. The minimum absolute atomic E-state index is 0.155. The second-order valence-corrected chi connectivity index (χ2v) is 7.12. The molecule has 1 aromatic heterocycles. The number of aryl methyl sites for hydroxylation is 1. The summed E-state index contributed by atoms with van der Waals surface area (Å²) in [4.78, 5) is 20.8. The van der Waals surface area contributed by atoms with Crippen molar-refractivity contribution in [2.75, 3.05) is 39.3 Å². The van der Waals surface area contributed by atoms with Gasteiger partial charge in [0.2, 0.25) is 5.91 Å². The maximum atomic E-state index is 12.5. The van der Waals surface area contributed by atoms with Gasteiger partial charge < -0.3 is 14.9 Å². The quantitative estimate of drug-likeness (QED) is 0.824. The van der Waals surface area contributed by atoms with E-state index in [1.165, 1.54) is 32.0 Å². The fraction of sp³-hybridized carbons (Fsp3) is 0.824. The summed E-state index contributed by atoms with van der Waals surface area (Å²) in [6, 6.07) is 0. The van der Waals surface area contributed by atoms with Crippen LogP contribution in [0.1, 0.15) is 32.1 Å². The van der Waals surface area contributed by atoms with Crippen molar-refractivity contribution in [3.05, 3.63) is 12.7 Å². The molecule has 3 heterocycles. The first-order valence-corrected chi connectivity index (χ1v) is 9.19. The number of carbonyl (C=O) groups excluding carboxylic acids is 1. The van der Waals surface area contributed by atoms with E-state index in [-0.39, 0.29) is 18.4 Å². The van der Waals surface area contributed by atoms with Gasteiger partial charge in [-0.3, -0.25) is 9.48 Å². The van der Waals surface area contributed by atoms with Crippen molar-refractivity contribution in [2.24, 2.45) is 11.8 Å². The third-order valence-corrected chi connectivity index (χ3v) is 5.38. The number of carbonyl (C=O) groups is 1. The summed E-state index contributed by atoms with van der Waals surface area (Å²) < 4.78 is 1.69. The van der Waals surface area contributed by atoms with Crippen molar-refractivity contribution < 1.29 is 9.90 Å². The number of aromatic nitrogens is 3. The number of amides is 1. The van der Waals surface area contributed by atoms with Gasteiger partial charge in [0.25, 0.3) is 0 Å². The maximum absolute atomic E-state index is 12.5. The molecule has 2 atom stereocenters. The molecule has 0 saturated carbocycles. The molecule has 1 N–H and O–H groups in total. The molecule has 7 nitrogen and oxygen atoms in total. The predicted molar refractivity (Wildman–Crippen MR) is 90.2 cm³/mol. The smallest absolute Gasteiger partial charge is 0.224 e. The minimum atomic E-state index is 0.155. The average molecular weight is 335 g/mol. The van der Waals surface area contributed by atoms with Crippen LogP contribution in [-0.2, 0) is 11.3 Å². The molecular weight excluding hydrogens is 306 g/mol. The third-order valence-electron chi connectivity index (χ3n) is 5.38. The van der Waals surface area contributed by atoms with Crippen LogP contribution in [0.4, 0.5) is 0 Å². The van der Waals surface area contributed by atoms with Crippen molar-refractivity contribution in [1.82, 2.24) is 24.6 Å². The number of rotatable bonds is 6. The Morgan fingerprint density at radius 1 is 1.12 bits per heavy atom. The average Bonchev–Trinajstić information content (AvgIpc) is 3.18. The van der Waals surface area contributed by atoms with Gasteiger partial charge in [0.15, 0.2) is 0 Å². The van der Waals surface area contributed by atoms with Gasteiger partial charge in [-0.2, -0.15) is 5.10 Å². The van der Waals surface area contributed by atoms with Crippen LogP contribution in [0.25, 0.3) is 0 Å². The van der Waals surface area contributed by atoms with Crippen molar-refractivity contribution >= 4 is 5.91 Å². The van der Waals surface area contributed by atoms with Crippen LogP contribution in [0.2, 0.25) is 0 Å². The first kappa shape index (κ1) is 17.4. The fourth-order valence-corrected chi connectivity index (χ4v) is 3.92. The summed E-state index contributed by atoms with van der Waals surface area (Å²) in [6.45, 7) is 5.53. The maximum Gasteiger partial charge on any atom is 0.224 e. The van der Waals surface area contributed by atoms with E-state index in [0.717, 1.165) is 26.2 Å². The highest BCUT2D eigenvalue weighted by Gasteiger charge is 2.35. The van der Waals surface area contributed by atoms with E-state index in [9.17, 15) is 9.90 Å². The van der Waals surface area contributed by atoms with Gasteiger partial charge in [0.1, 0.15) is 12.7 Å². The van der Waals surface area contributed by atoms with E-state index in [2.05, 4.69) is 15.0 Å². The number of likely N-dealkylation sites (tertiary alicyclic amines) is 2. The molecule has 0 aliphatic carbocycles.